The summed E-state index contributed by atoms with van der Waals surface area (Å²) in [7, 11) is 0. The molecule has 1 heterocycles. The molecule has 0 aliphatic rings. The van der Waals surface area contributed by atoms with E-state index in [1.54, 1.807) is 31.2 Å². The van der Waals surface area contributed by atoms with Crippen LogP contribution in [-0.4, -0.2) is 21.0 Å². The summed E-state index contributed by atoms with van der Waals surface area (Å²) in [6.07, 6.45) is 0. The molecule has 0 fully saturated rings. The van der Waals surface area contributed by atoms with Crippen molar-refractivity contribution in [3.05, 3.63) is 74.1 Å². The summed E-state index contributed by atoms with van der Waals surface area (Å²) < 4.78 is 5.19. The molecular formula is C17H12Cl2N4O4. The monoisotopic (exact) mass is 406 g/mol. The summed E-state index contributed by atoms with van der Waals surface area (Å²) >= 11 is 11.7. The molecule has 0 saturated heterocycles. The molecule has 1 atom stereocenters. The van der Waals surface area contributed by atoms with Crippen LogP contribution < -0.4 is 5.32 Å². The molecular weight excluding hydrogens is 395 g/mol. The number of nitro groups is 1. The van der Waals surface area contributed by atoms with Crippen molar-refractivity contribution in [2.75, 3.05) is 0 Å². The number of nitrogens with zero attached hydrogens (tertiary/aromatic N) is 3. The number of carbonyl (C=O) groups is 1. The first-order valence-electron chi connectivity index (χ1n) is 7.69. The van der Waals surface area contributed by atoms with Crippen molar-refractivity contribution in [2.24, 2.45) is 0 Å². The third-order valence-electron chi connectivity index (χ3n) is 3.65. The Labute approximate surface area is 163 Å². The van der Waals surface area contributed by atoms with Gasteiger partial charge in [-0.15, -0.1) is 0 Å². The average molecular weight is 407 g/mol. The van der Waals surface area contributed by atoms with Gasteiger partial charge < -0.3 is 9.84 Å². The Bertz CT molecular complexity index is 1020. The summed E-state index contributed by atoms with van der Waals surface area (Å²) in [6, 6.07) is 10.1. The Hall–Kier alpha value is -2.97. The normalized spacial score (nSPS) is 11.8. The number of hydrogen-bond acceptors (Lipinski definition) is 6. The summed E-state index contributed by atoms with van der Waals surface area (Å²) in [5, 5.41) is 18.0. The van der Waals surface area contributed by atoms with Gasteiger partial charge in [0.05, 0.1) is 4.92 Å². The Balaban J connectivity index is 1.76. The summed E-state index contributed by atoms with van der Waals surface area (Å²) in [6.45, 7) is 1.65. The maximum atomic E-state index is 12.4. The predicted octanol–water partition coefficient (Wildman–Crippen LogP) is 4.44. The lowest BCUT2D eigenvalue weighted by molar-refractivity contribution is -0.384. The highest BCUT2D eigenvalue weighted by atomic mass is 35.5. The van der Waals surface area contributed by atoms with E-state index in [0.717, 1.165) is 6.07 Å². The Morgan fingerprint density at radius 1 is 1.26 bits per heavy atom. The third kappa shape index (κ3) is 4.24. The number of aromatic nitrogens is 2. The quantitative estimate of drug-likeness (QED) is 0.494. The van der Waals surface area contributed by atoms with Gasteiger partial charge in [0.25, 0.3) is 11.6 Å². The lowest BCUT2D eigenvalue weighted by Gasteiger charge is -2.09. The largest absolute Gasteiger partial charge is 0.341 e. The van der Waals surface area contributed by atoms with Gasteiger partial charge in [-0.1, -0.05) is 40.5 Å². The molecule has 3 rings (SSSR count). The fourth-order valence-electron chi connectivity index (χ4n) is 2.29. The SMILES string of the molecule is CC(NC(=O)c1ccc(Cl)c([N+](=O)[O-])c1)c1nc(-c2cccc(Cl)c2)no1. The topological polar surface area (TPSA) is 111 Å². The van der Waals surface area contributed by atoms with E-state index in [4.69, 9.17) is 27.7 Å². The molecule has 138 valence electrons. The fourth-order valence-corrected chi connectivity index (χ4v) is 2.67. The molecule has 0 aliphatic heterocycles. The Morgan fingerprint density at radius 3 is 2.74 bits per heavy atom. The minimum absolute atomic E-state index is 0.0485. The second-order valence-corrected chi connectivity index (χ2v) is 6.43. The van der Waals surface area contributed by atoms with Crippen LogP contribution in [0.3, 0.4) is 0 Å². The maximum Gasteiger partial charge on any atom is 0.288 e. The summed E-state index contributed by atoms with van der Waals surface area (Å²) in [5.41, 5.74) is 0.412. The van der Waals surface area contributed by atoms with Gasteiger partial charge in [-0.05, 0) is 31.2 Å². The number of halogens is 2. The van der Waals surface area contributed by atoms with E-state index in [9.17, 15) is 14.9 Å². The van der Waals surface area contributed by atoms with Crippen LogP contribution in [0, 0.1) is 10.1 Å². The maximum absolute atomic E-state index is 12.4. The molecule has 1 N–H and O–H groups in total. The van der Waals surface area contributed by atoms with Crippen LogP contribution in [-0.2, 0) is 0 Å². The van der Waals surface area contributed by atoms with Crippen molar-refractivity contribution in [3.63, 3.8) is 0 Å². The molecule has 0 aliphatic carbocycles. The van der Waals surface area contributed by atoms with Gasteiger partial charge in [0.15, 0.2) is 0 Å². The lowest BCUT2D eigenvalue weighted by Crippen LogP contribution is -2.26. The smallest absolute Gasteiger partial charge is 0.288 e. The van der Waals surface area contributed by atoms with Gasteiger partial charge in [-0.2, -0.15) is 4.98 Å². The second kappa shape index (κ2) is 7.73. The van der Waals surface area contributed by atoms with Crippen molar-refractivity contribution in [1.82, 2.24) is 15.5 Å². The number of nitrogens with one attached hydrogen (secondary N) is 1. The van der Waals surface area contributed by atoms with Crippen LogP contribution in [0.4, 0.5) is 5.69 Å². The number of nitro benzene ring substituents is 1. The van der Waals surface area contributed by atoms with Gasteiger partial charge >= 0.3 is 0 Å². The molecule has 1 amide bonds. The first kappa shape index (κ1) is 18.8. The molecule has 0 bridgehead atoms. The molecule has 3 aromatic rings. The number of hydrogen-bond donors (Lipinski definition) is 1. The van der Waals surface area contributed by atoms with Gasteiger partial charge in [0, 0.05) is 22.2 Å². The molecule has 8 nitrogen and oxygen atoms in total. The van der Waals surface area contributed by atoms with Crippen LogP contribution in [0.2, 0.25) is 10.0 Å². The van der Waals surface area contributed by atoms with Crippen molar-refractivity contribution in [1.29, 1.82) is 0 Å². The van der Waals surface area contributed by atoms with E-state index in [-0.39, 0.29) is 22.2 Å². The van der Waals surface area contributed by atoms with E-state index in [1.807, 2.05) is 0 Å². The van der Waals surface area contributed by atoms with Crippen molar-refractivity contribution in [2.45, 2.75) is 13.0 Å². The average Bonchev–Trinajstić information content (AvgIpc) is 3.12. The minimum atomic E-state index is -0.655. The van der Waals surface area contributed by atoms with Crippen molar-refractivity contribution < 1.29 is 14.2 Å². The number of carbonyl (C=O) groups excluding carboxylic acids is 1. The Morgan fingerprint density at radius 2 is 2.04 bits per heavy atom. The molecule has 0 radical (unpaired) electrons. The van der Waals surface area contributed by atoms with Gasteiger partial charge in [-0.3, -0.25) is 14.9 Å². The van der Waals surface area contributed by atoms with Crippen molar-refractivity contribution >= 4 is 34.8 Å². The van der Waals surface area contributed by atoms with E-state index >= 15 is 0 Å². The standard InChI is InChI=1S/C17H12Cl2N4O4/c1-9(17-21-15(22-27-17)10-3-2-4-12(18)7-10)20-16(24)11-5-6-13(19)14(8-11)23(25)26/h2-9H,1H3,(H,20,24). The van der Waals surface area contributed by atoms with Crippen LogP contribution in [0.1, 0.15) is 29.2 Å². The molecule has 0 saturated carbocycles. The third-order valence-corrected chi connectivity index (χ3v) is 4.20. The fraction of sp³-hybridized carbons (Fsp3) is 0.118. The number of rotatable bonds is 5. The first-order valence-corrected chi connectivity index (χ1v) is 8.45. The lowest BCUT2D eigenvalue weighted by atomic mass is 10.1. The highest BCUT2D eigenvalue weighted by molar-refractivity contribution is 6.32. The van der Waals surface area contributed by atoms with Crippen LogP contribution in [0.25, 0.3) is 11.4 Å². The summed E-state index contributed by atoms with van der Waals surface area (Å²) in [4.78, 5) is 26.9. The van der Waals surface area contributed by atoms with Gasteiger partial charge in [-0.25, -0.2) is 0 Å². The predicted molar refractivity (Wildman–Crippen MR) is 98.7 cm³/mol. The van der Waals surface area contributed by atoms with Crippen LogP contribution in [0.15, 0.2) is 47.0 Å². The number of benzene rings is 2. The van der Waals surface area contributed by atoms with Crippen molar-refractivity contribution in [3.8, 4) is 11.4 Å². The van der Waals surface area contributed by atoms with E-state index in [2.05, 4.69) is 15.5 Å². The highest BCUT2D eigenvalue weighted by Crippen LogP contribution is 2.26. The number of amides is 1. The van der Waals surface area contributed by atoms with E-state index < -0.39 is 16.9 Å². The van der Waals surface area contributed by atoms with Gasteiger partial charge in [0.1, 0.15) is 11.1 Å². The molecule has 1 unspecified atom stereocenters. The molecule has 1 aromatic heterocycles. The molecule has 10 heteroatoms. The molecule has 2 aromatic carbocycles. The molecule has 0 spiro atoms. The van der Waals surface area contributed by atoms with E-state index in [0.29, 0.717) is 16.4 Å². The zero-order valence-electron chi connectivity index (χ0n) is 13.8. The first-order chi connectivity index (χ1) is 12.8. The zero-order chi connectivity index (χ0) is 19.6. The highest BCUT2D eigenvalue weighted by Gasteiger charge is 2.21. The molecule has 27 heavy (non-hydrogen) atoms. The van der Waals surface area contributed by atoms with E-state index in [1.165, 1.54) is 12.1 Å². The minimum Gasteiger partial charge on any atom is -0.341 e. The van der Waals surface area contributed by atoms with Crippen LogP contribution in [0.5, 0.6) is 0 Å². The van der Waals surface area contributed by atoms with Gasteiger partial charge in [0.2, 0.25) is 11.7 Å². The van der Waals surface area contributed by atoms with Crippen LogP contribution >= 0.6 is 23.2 Å². The second-order valence-electron chi connectivity index (χ2n) is 5.59. The summed E-state index contributed by atoms with van der Waals surface area (Å²) in [5.74, 6) is -0.0257. The Kier molecular flexibility index (Phi) is 5.38. The zero-order valence-corrected chi connectivity index (χ0v) is 15.4.